The molecule has 0 aromatic carbocycles. The third-order valence-electron chi connectivity index (χ3n) is 3.96. The molecule has 1 saturated carbocycles. The number of amides is 1. The number of nitrogens with zero attached hydrogens (tertiary/aromatic N) is 2. The molecule has 1 aliphatic carbocycles. The van der Waals surface area contributed by atoms with Crippen LogP contribution in [-0.2, 0) is 9.47 Å². The molecule has 1 unspecified atom stereocenters. The van der Waals surface area contributed by atoms with Crippen LogP contribution in [-0.4, -0.2) is 41.1 Å². The number of alkyl carbamates (subject to hydrolysis) is 1. The minimum atomic E-state index is -0.554. The summed E-state index contributed by atoms with van der Waals surface area (Å²) in [5.41, 5.74) is -0.186. The van der Waals surface area contributed by atoms with Crippen molar-refractivity contribution in [2.45, 2.75) is 51.7 Å². The van der Waals surface area contributed by atoms with E-state index >= 15 is 0 Å². The van der Waals surface area contributed by atoms with E-state index in [1.807, 2.05) is 20.8 Å². The SMILES string of the molecule is COC(=O)c1cc(Br)nn1C(CNC(=O)OC(C)(C)C)C1CCC1. The second-order valence-corrected chi connectivity index (χ2v) is 7.74. The maximum absolute atomic E-state index is 12.0. The van der Waals surface area contributed by atoms with E-state index in [2.05, 4.69) is 26.3 Å². The standard InChI is InChI=1S/C16H24BrN3O4/c1-16(2,3)24-15(22)18-9-12(10-6-5-7-10)20-11(14(21)23-4)8-13(17)19-20/h8,10,12H,5-7,9H2,1-4H3,(H,18,22). The zero-order chi connectivity index (χ0) is 17.9. The molecule has 0 spiro atoms. The van der Waals surface area contributed by atoms with Crippen LogP contribution in [0.2, 0.25) is 0 Å². The van der Waals surface area contributed by atoms with Crippen LogP contribution in [0.4, 0.5) is 4.79 Å². The van der Waals surface area contributed by atoms with Crippen molar-refractivity contribution < 1.29 is 19.1 Å². The molecule has 0 bridgehead atoms. The van der Waals surface area contributed by atoms with Crippen LogP contribution in [0, 0.1) is 5.92 Å². The van der Waals surface area contributed by atoms with Crippen molar-refractivity contribution in [3.63, 3.8) is 0 Å². The number of nitrogens with one attached hydrogen (secondary N) is 1. The molecular formula is C16H24BrN3O4. The van der Waals surface area contributed by atoms with Crippen molar-refractivity contribution >= 4 is 28.0 Å². The molecule has 1 aliphatic rings. The number of methoxy groups -OCH3 is 1. The van der Waals surface area contributed by atoms with E-state index in [0.29, 0.717) is 22.8 Å². The minimum absolute atomic E-state index is 0.119. The second-order valence-electron chi connectivity index (χ2n) is 6.93. The van der Waals surface area contributed by atoms with Crippen LogP contribution in [0.3, 0.4) is 0 Å². The van der Waals surface area contributed by atoms with E-state index < -0.39 is 17.7 Å². The lowest BCUT2D eigenvalue weighted by molar-refractivity contribution is 0.0502. The van der Waals surface area contributed by atoms with Crippen LogP contribution < -0.4 is 5.32 Å². The van der Waals surface area contributed by atoms with Gasteiger partial charge in [-0.05, 0) is 55.5 Å². The Morgan fingerprint density at radius 2 is 2.12 bits per heavy atom. The Labute approximate surface area is 150 Å². The average molecular weight is 402 g/mol. The summed E-state index contributed by atoms with van der Waals surface area (Å²) in [5, 5.41) is 7.17. The van der Waals surface area contributed by atoms with Gasteiger partial charge in [-0.25, -0.2) is 9.59 Å². The van der Waals surface area contributed by atoms with Crippen molar-refractivity contribution in [2.75, 3.05) is 13.7 Å². The Morgan fingerprint density at radius 3 is 2.62 bits per heavy atom. The molecule has 2 rings (SSSR count). The molecule has 1 N–H and O–H groups in total. The largest absolute Gasteiger partial charge is 0.464 e. The molecule has 1 fully saturated rings. The lowest BCUT2D eigenvalue weighted by Gasteiger charge is -2.34. The van der Waals surface area contributed by atoms with Crippen molar-refractivity contribution in [1.82, 2.24) is 15.1 Å². The van der Waals surface area contributed by atoms with Crippen LogP contribution in [0.15, 0.2) is 10.7 Å². The molecule has 0 aliphatic heterocycles. The number of esters is 1. The molecule has 0 saturated heterocycles. The highest BCUT2D eigenvalue weighted by molar-refractivity contribution is 9.10. The van der Waals surface area contributed by atoms with Crippen LogP contribution in [0.25, 0.3) is 0 Å². The van der Waals surface area contributed by atoms with Gasteiger partial charge in [-0.3, -0.25) is 4.68 Å². The van der Waals surface area contributed by atoms with Gasteiger partial charge >= 0.3 is 12.1 Å². The maximum Gasteiger partial charge on any atom is 0.407 e. The highest BCUT2D eigenvalue weighted by Crippen LogP contribution is 2.37. The first-order chi connectivity index (χ1) is 11.2. The zero-order valence-corrected chi connectivity index (χ0v) is 16.1. The summed E-state index contributed by atoms with van der Waals surface area (Å²) in [7, 11) is 1.34. The monoisotopic (exact) mass is 401 g/mol. The van der Waals surface area contributed by atoms with Gasteiger partial charge in [0.15, 0.2) is 0 Å². The van der Waals surface area contributed by atoms with Crippen molar-refractivity contribution in [1.29, 1.82) is 0 Å². The van der Waals surface area contributed by atoms with E-state index in [1.165, 1.54) is 7.11 Å². The normalized spacial score (nSPS) is 16.2. The summed E-state index contributed by atoms with van der Waals surface area (Å²) in [6.45, 7) is 5.79. The van der Waals surface area contributed by atoms with E-state index in [1.54, 1.807) is 10.7 Å². The topological polar surface area (TPSA) is 82.5 Å². The van der Waals surface area contributed by atoms with Gasteiger partial charge in [-0.15, -0.1) is 0 Å². The molecule has 1 aromatic heterocycles. The van der Waals surface area contributed by atoms with Gasteiger partial charge in [0, 0.05) is 12.6 Å². The highest BCUT2D eigenvalue weighted by Gasteiger charge is 2.33. The van der Waals surface area contributed by atoms with Crippen molar-refractivity contribution in [3.05, 3.63) is 16.4 Å². The molecular weight excluding hydrogens is 378 g/mol. The van der Waals surface area contributed by atoms with Gasteiger partial charge in [0.2, 0.25) is 0 Å². The number of aromatic nitrogens is 2. The number of carbonyl (C=O) groups excluding carboxylic acids is 2. The molecule has 24 heavy (non-hydrogen) atoms. The molecule has 1 amide bonds. The average Bonchev–Trinajstić information content (AvgIpc) is 2.80. The number of hydrogen-bond donors (Lipinski definition) is 1. The summed E-state index contributed by atoms with van der Waals surface area (Å²) in [4.78, 5) is 23.9. The predicted octanol–water partition coefficient (Wildman–Crippen LogP) is 3.30. The van der Waals surface area contributed by atoms with Gasteiger partial charge in [0.1, 0.15) is 15.9 Å². The third-order valence-corrected chi connectivity index (χ3v) is 4.35. The Morgan fingerprint density at radius 1 is 1.46 bits per heavy atom. The summed E-state index contributed by atoms with van der Waals surface area (Å²) in [6, 6.07) is 1.51. The van der Waals surface area contributed by atoms with Gasteiger partial charge < -0.3 is 14.8 Å². The molecule has 1 heterocycles. The summed E-state index contributed by atoms with van der Waals surface area (Å²) in [5.74, 6) is -0.0927. The second kappa shape index (κ2) is 7.55. The molecule has 7 nitrogen and oxygen atoms in total. The number of rotatable bonds is 5. The lowest BCUT2D eigenvalue weighted by atomic mass is 9.79. The fourth-order valence-electron chi connectivity index (χ4n) is 2.65. The highest BCUT2D eigenvalue weighted by atomic mass is 79.9. The van der Waals surface area contributed by atoms with E-state index in [-0.39, 0.29) is 6.04 Å². The fourth-order valence-corrected chi connectivity index (χ4v) is 3.04. The molecule has 8 heteroatoms. The Bertz CT molecular complexity index is 605. The van der Waals surface area contributed by atoms with Crippen molar-refractivity contribution in [3.8, 4) is 0 Å². The smallest absolute Gasteiger partial charge is 0.407 e. The summed E-state index contributed by atoms with van der Waals surface area (Å²) < 4.78 is 12.3. The lowest BCUT2D eigenvalue weighted by Crippen LogP contribution is -2.40. The fraction of sp³-hybridized carbons (Fsp3) is 0.688. The Balaban J connectivity index is 2.15. The van der Waals surface area contributed by atoms with Crippen LogP contribution >= 0.6 is 15.9 Å². The van der Waals surface area contributed by atoms with Crippen LogP contribution in [0.1, 0.15) is 56.6 Å². The quantitative estimate of drug-likeness (QED) is 0.765. The molecule has 1 atom stereocenters. The van der Waals surface area contributed by atoms with Gasteiger partial charge in [-0.2, -0.15) is 5.10 Å². The van der Waals surface area contributed by atoms with Gasteiger partial charge in [0.25, 0.3) is 0 Å². The Kier molecular flexibility index (Phi) is 5.90. The third kappa shape index (κ3) is 4.72. The van der Waals surface area contributed by atoms with E-state index in [4.69, 9.17) is 9.47 Å². The van der Waals surface area contributed by atoms with Crippen LogP contribution in [0.5, 0.6) is 0 Å². The molecule has 0 radical (unpaired) electrons. The first-order valence-electron chi connectivity index (χ1n) is 8.01. The summed E-state index contributed by atoms with van der Waals surface area (Å²) in [6.07, 6.45) is 2.75. The first kappa shape index (κ1) is 18.8. The van der Waals surface area contributed by atoms with Gasteiger partial charge in [0.05, 0.1) is 13.2 Å². The number of carbonyl (C=O) groups is 2. The minimum Gasteiger partial charge on any atom is -0.464 e. The number of ether oxygens (including phenoxy) is 2. The van der Waals surface area contributed by atoms with E-state index in [0.717, 1.165) is 19.3 Å². The number of halogens is 1. The summed E-state index contributed by atoms with van der Waals surface area (Å²) >= 11 is 3.31. The molecule has 134 valence electrons. The molecule has 1 aromatic rings. The first-order valence-corrected chi connectivity index (χ1v) is 8.81. The van der Waals surface area contributed by atoms with E-state index in [9.17, 15) is 9.59 Å². The maximum atomic E-state index is 12.0. The van der Waals surface area contributed by atoms with Gasteiger partial charge in [-0.1, -0.05) is 6.42 Å². The predicted molar refractivity (Wildman–Crippen MR) is 91.9 cm³/mol. The zero-order valence-electron chi connectivity index (χ0n) is 14.5. The Hall–Kier alpha value is -1.57. The van der Waals surface area contributed by atoms with Crippen molar-refractivity contribution in [2.24, 2.45) is 5.92 Å². The number of hydrogen-bond acceptors (Lipinski definition) is 5.